The average molecular weight is 376 g/mol. The average Bonchev–Trinajstić information content (AvgIpc) is 3.46. The highest BCUT2D eigenvalue weighted by Gasteiger charge is 2.59. The van der Waals surface area contributed by atoms with Crippen molar-refractivity contribution < 1.29 is 23.9 Å². The second-order valence-corrected chi connectivity index (χ2v) is 7.32. The lowest BCUT2D eigenvalue weighted by molar-refractivity contribution is -0.140. The molecule has 1 saturated heterocycles. The van der Waals surface area contributed by atoms with Crippen molar-refractivity contribution in [3.63, 3.8) is 0 Å². The summed E-state index contributed by atoms with van der Waals surface area (Å²) < 4.78 is 5.68. The lowest BCUT2D eigenvalue weighted by Gasteiger charge is -2.13. The van der Waals surface area contributed by atoms with Crippen molar-refractivity contribution in [2.45, 2.75) is 6.42 Å². The number of carbonyl (C=O) groups is 3. The molecule has 5 rings (SSSR count). The molecule has 1 aliphatic heterocycles. The molecule has 0 unspecified atom stereocenters. The van der Waals surface area contributed by atoms with Gasteiger partial charge in [0, 0.05) is 5.56 Å². The summed E-state index contributed by atoms with van der Waals surface area (Å²) in [5.74, 6) is -0.955. The number of carboxylic acid groups (broad SMARTS) is 1. The summed E-state index contributed by atoms with van der Waals surface area (Å²) in [6.07, 6.45) is 6.29. The van der Waals surface area contributed by atoms with Gasteiger partial charge in [-0.25, -0.2) is 4.79 Å². The van der Waals surface area contributed by atoms with Gasteiger partial charge in [0.1, 0.15) is 11.5 Å². The highest BCUT2D eigenvalue weighted by Crippen LogP contribution is 2.52. The Balaban J connectivity index is 1.36. The van der Waals surface area contributed by atoms with E-state index in [9.17, 15) is 14.4 Å². The SMILES string of the molecule is O=C(O)c1cccc(-c2ccc(/C=N\N3C(=O)[C@@H]4[C@@H](C3=O)[C@H]3C=C[C@H]4C3)o2)c1. The first-order valence-electron chi connectivity index (χ1n) is 9.06. The summed E-state index contributed by atoms with van der Waals surface area (Å²) in [6, 6.07) is 9.74. The predicted octanol–water partition coefficient (Wildman–Crippen LogP) is 2.79. The molecule has 2 aliphatic carbocycles. The Bertz CT molecular complexity index is 1040. The number of hydrogen-bond acceptors (Lipinski definition) is 5. The Morgan fingerprint density at radius 2 is 1.82 bits per heavy atom. The standard InChI is InChI=1S/C21H16N2O5/c24-19-17-12-4-5-13(9-12)18(17)20(25)23(19)22-10-15-6-7-16(28-15)11-2-1-3-14(8-11)21(26)27/h1-8,10,12-13,17-18H,9H2,(H,26,27)/b22-10-/t12-,13-,17-,18-/m0/s1. The Labute approximate surface area is 159 Å². The Kier molecular flexibility index (Phi) is 3.58. The van der Waals surface area contributed by atoms with E-state index >= 15 is 0 Å². The number of furan rings is 1. The molecule has 3 aliphatic rings. The van der Waals surface area contributed by atoms with Crippen molar-refractivity contribution in [2.24, 2.45) is 28.8 Å². The number of imide groups is 1. The molecule has 1 N–H and O–H groups in total. The van der Waals surface area contributed by atoms with Crippen LogP contribution in [0.25, 0.3) is 11.3 Å². The number of carboxylic acids is 1. The molecular formula is C21H16N2O5. The van der Waals surface area contributed by atoms with E-state index in [1.54, 1.807) is 24.3 Å². The van der Waals surface area contributed by atoms with Gasteiger partial charge in [-0.2, -0.15) is 10.1 Å². The molecule has 1 saturated carbocycles. The van der Waals surface area contributed by atoms with Crippen LogP contribution in [0.2, 0.25) is 0 Å². The molecule has 2 heterocycles. The van der Waals surface area contributed by atoms with Gasteiger partial charge in [0.25, 0.3) is 11.8 Å². The molecule has 1 aromatic carbocycles. The minimum absolute atomic E-state index is 0.142. The van der Waals surface area contributed by atoms with Crippen molar-refractivity contribution in [3.8, 4) is 11.3 Å². The number of rotatable bonds is 4. The Morgan fingerprint density at radius 1 is 1.11 bits per heavy atom. The zero-order chi connectivity index (χ0) is 19.4. The molecule has 140 valence electrons. The van der Waals surface area contributed by atoms with Crippen molar-refractivity contribution in [1.82, 2.24) is 5.01 Å². The summed E-state index contributed by atoms with van der Waals surface area (Å²) in [4.78, 5) is 36.3. The molecule has 2 amide bonds. The van der Waals surface area contributed by atoms with Crippen LogP contribution in [-0.4, -0.2) is 34.1 Å². The zero-order valence-electron chi connectivity index (χ0n) is 14.7. The first-order valence-corrected chi connectivity index (χ1v) is 9.06. The van der Waals surface area contributed by atoms with Gasteiger partial charge in [-0.1, -0.05) is 24.3 Å². The quantitative estimate of drug-likeness (QED) is 0.502. The molecule has 0 spiro atoms. The Hall–Kier alpha value is -3.48. The van der Waals surface area contributed by atoms with Gasteiger partial charge in [0.2, 0.25) is 0 Å². The Morgan fingerprint density at radius 3 is 2.50 bits per heavy atom. The van der Waals surface area contributed by atoms with Gasteiger partial charge in [-0.05, 0) is 42.5 Å². The number of amides is 2. The summed E-state index contributed by atoms with van der Waals surface area (Å²) in [7, 11) is 0. The third-order valence-electron chi connectivity index (χ3n) is 5.77. The van der Waals surface area contributed by atoms with E-state index in [-0.39, 0.29) is 41.0 Å². The van der Waals surface area contributed by atoms with Crippen LogP contribution in [0.4, 0.5) is 0 Å². The minimum atomic E-state index is -1.02. The van der Waals surface area contributed by atoms with Gasteiger partial charge in [0.15, 0.2) is 0 Å². The van der Waals surface area contributed by atoms with Crippen LogP contribution < -0.4 is 0 Å². The van der Waals surface area contributed by atoms with Gasteiger partial charge in [-0.15, -0.1) is 0 Å². The first kappa shape index (κ1) is 16.7. The fraction of sp³-hybridized carbons (Fsp3) is 0.238. The van der Waals surface area contributed by atoms with Crippen molar-refractivity contribution in [1.29, 1.82) is 0 Å². The van der Waals surface area contributed by atoms with Crippen LogP contribution in [0.5, 0.6) is 0 Å². The topological polar surface area (TPSA) is 100 Å². The van der Waals surface area contributed by atoms with Gasteiger partial charge in [-0.3, -0.25) is 9.59 Å². The van der Waals surface area contributed by atoms with Crippen molar-refractivity contribution in [3.05, 3.63) is 59.9 Å². The summed E-state index contributed by atoms with van der Waals surface area (Å²) in [5.41, 5.74) is 0.775. The van der Waals surface area contributed by atoms with E-state index in [4.69, 9.17) is 9.52 Å². The lowest BCUT2D eigenvalue weighted by atomic mass is 9.85. The van der Waals surface area contributed by atoms with E-state index in [2.05, 4.69) is 5.10 Å². The number of hydrogen-bond donors (Lipinski definition) is 1. The molecule has 4 atom stereocenters. The smallest absolute Gasteiger partial charge is 0.335 e. The van der Waals surface area contributed by atoms with E-state index in [0.29, 0.717) is 17.1 Å². The molecule has 1 aromatic heterocycles. The van der Waals surface area contributed by atoms with Crippen LogP contribution in [-0.2, 0) is 9.59 Å². The predicted molar refractivity (Wildman–Crippen MR) is 98.3 cm³/mol. The number of aromatic carboxylic acids is 1. The van der Waals surface area contributed by atoms with E-state index in [1.165, 1.54) is 18.3 Å². The number of hydrazone groups is 1. The highest BCUT2D eigenvalue weighted by molar-refractivity contribution is 6.06. The maximum atomic E-state index is 12.6. The fourth-order valence-corrected chi connectivity index (χ4v) is 4.50. The van der Waals surface area contributed by atoms with Crippen molar-refractivity contribution >= 4 is 24.0 Å². The molecule has 28 heavy (non-hydrogen) atoms. The maximum absolute atomic E-state index is 12.6. The van der Waals surface area contributed by atoms with E-state index in [0.717, 1.165) is 11.4 Å². The second kappa shape index (κ2) is 6.02. The van der Waals surface area contributed by atoms with Crippen LogP contribution in [0, 0.1) is 23.7 Å². The summed E-state index contributed by atoms with van der Waals surface area (Å²) >= 11 is 0. The number of nitrogens with zero attached hydrogens (tertiary/aromatic N) is 2. The van der Waals surface area contributed by atoms with Crippen molar-refractivity contribution in [2.75, 3.05) is 0 Å². The van der Waals surface area contributed by atoms with E-state index in [1.807, 2.05) is 12.2 Å². The van der Waals surface area contributed by atoms with Crippen LogP contribution in [0.1, 0.15) is 22.5 Å². The van der Waals surface area contributed by atoms with Gasteiger partial charge in [0.05, 0.1) is 23.6 Å². The minimum Gasteiger partial charge on any atom is -0.478 e. The summed E-state index contributed by atoms with van der Waals surface area (Å²) in [6.45, 7) is 0. The molecule has 2 fully saturated rings. The monoisotopic (exact) mass is 376 g/mol. The normalized spacial score (nSPS) is 27.9. The molecule has 7 heteroatoms. The number of benzene rings is 1. The van der Waals surface area contributed by atoms with Gasteiger partial charge < -0.3 is 9.52 Å². The number of carbonyl (C=O) groups excluding carboxylic acids is 2. The molecule has 2 bridgehead atoms. The molecule has 7 nitrogen and oxygen atoms in total. The first-order chi connectivity index (χ1) is 13.5. The lowest BCUT2D eigenvalue weighted by Crippen LogP contribution is -2.28. The zero-order valence-corrected chi connectivity index (χ0v) is 14.7. The second-order valence-electron chi connectivity index (χ2n) is 7.32. The van der Waals surface area contributed by atoms with Crippen LogP contribution in [0.3, 0.4) is 0 Å². The number of fused-ring (bicyclic) bond motifs is 5. The third kappa shape index (κ3) is 2.43. The van der Waals surface area contributed by atoms with Crippen LogP contribution in [0.15, 0.2) is 58.1 Å². The largest absolute Gasteiger partial charge is 0.478 e. The molecule has 2 aromatic rings. The maximum Gasteiger partial charge on any atom is 0.335 e. The van der Waals surface area contributed by atoms with Gasteiger partial charge >= 0.3 is 5.97 Å². The summed E-state index contributed by atoms with van der Waals surface area (Å²) in [5, 5.41) is 14.1. The van der Waals surface area contributed by atoms with E-state index < -0.39 is 5.97 Å². The highest BCUT2D eigenvalue weighted by atomic mass is 16.4. The fourth-order valence-electron chi connectivity index (χ4n) is 4.50. The third-order valence-corrected chi connectivity index (χ3v) is 5.77. The van der Waals surface area contributed by atoms with Crippen LogP contribution >= 0.6 is 0 Å². The molecule has 0 radical (unpaired) electrons. The molecular weight excluding hydrogens is 360 g/mol. The number of allylic oxidation sites excluding steroid dienone is 2.